The van der Waals surface area contributed by atoms with Gasteiger partial charge in [-0.25, -0.2) is 9.07 Å². The highest BCUT2D eigenvalue weighted by atomic mass is 32.2. The first-order valence-corrected chi connectivity index (χ1v) is 10.5. The Balaban J connectivity index is 1.43. The summed E-state index contributed by atoms with van der Waals surface area (Å²) in [6.45, 7) is 3.83. The zero-order chi connectivity index (χ0) is 21.3. The summed E-state index contributed by atoms with van der Waals surface area (Å²) >= 11 is 1.23. The topological polar surface area (TPSA) is 86.3 Å². The number of amides is 1. The number of hydrogen-bond acceptors (Lipinski definition) is 6. The number of thioether (sulfide) groups is 1. The number of nitrogens with two attached hydrogens (primary N) is 1. The van der Waals surface area contributed by atoms with Crippen LogP contribution in [0.15, 0.2) is 53.7 Å². The number of nitrogen functional groups attached to an aromatic ring is 1. The van der Waals surface area contributed by atoms with Crippen molar-refractivity contribution in [1.29, 1.82) is 0 Å². The van der Waals surface area contributed by atoms with Crippen LogP contribution in [0.3, 0.4) is 0 Å². The summed E-state index contributed by atoms with van der Waals surface area (Å²) in [5.41, 5.74) is 2.13. The lowest BCUT2D eigenvalue weighted by Gasteiger charge is -2.25. The van der Waals surface area contributed by atoms with Crippen LogP contribution in [0.25, 0.3) is 0 Å². The molecule has 2 aromatic carbocycles. The van der Waals surface area contributed by atoms with Crippen LogP contribution in [0.4, 0.5) is 10.1 Å². The van der Waals surface area contributed by atoms with E-state index in [0.717, 1.165) is 12.1 Å². The summed E-state index contributed by atoms with van der Waals surface area (Å²) in [5.74, 6) is 6.05. The number of aromatic nitrogens is 3. The highest BCUT2D eigenvalue weighted by Gasteiger charge is 2.34. The van der Waals surface area contributed by atoms with Crippen molar-refractivity contribution in [3.8, 4) is 5.75 Å². The summed E-state index contributed by atoms with van der Waals surface area (Å²) in [6, 6.07) is 14.1. The van der Waals surface area contributed by atoms with E-state index in [1.165, 1.54) is 34.1 Å². The minimum Gasteiger partial charge on any atom is -0.482 e. The lowest BCUT2D eigenvalue weighted by Crippen LogP contribution is -2.40. The van der Waals surface area contributed by atoms with Gasteiger partial charge in [-0.1, -0.05) is 42.1 Å². The lowest BCUT2D eigenvalue weighted by atomic mass is 10.1. The number of nitrogens with zero attached hydrogens (tertiary/aromatic N) is 4. The van der Waals surface area contributed by atoms with Crippen molar-refractivity contribution in [2.24, 2.45) is 0 Å². The smallest absolute Gasteiger partial charge is 0.240 e. The summed E-state index contributed by atoms with van der Waals surface area (Å²) in [5, 5.41) is 8.07. The average molecular weight is 428 g/mol. The molecule has 0 fully saturated rings. The number of benzene rings is 2. The third-order valence-electron chi connectivity index (χ3n) is 5.00. The predicted molar refractivity (Wildman–Crippen MR) is 113 cm³/mol. The van der Waals surface area contributed by atoms with E-state index in [4.69, 9.17) is 10.6 Å². The Morgan fingerprint density at radius 3 is 2.80 bits per heavy atom. The van der Waals surface area contributed by atoms with Gasteiger partial charge in [-0.15, -0.1) is 10.2 Å². The van der Waals surface area contributed by atoms with Gasteiger partial charge >= 0.3 is 0 Å². The fourth-order valence-electron chi connectivity index (χ4n) is 3.50. The molecular weight excluding hydrogens is 405 g/mol. The second kappa shape index (κ2) is 8.35. The van der Waals surface area contributed by atoms with Gasteiger partial charge in [0.05, 0.1) is 5.25 Å². The maximum absolute atomic E-state index is 13.7. The van der Waals surface area contributed by atoms with Crippen molar-refractivity contribution >= 4 is 23.4 Å². The Morgan fingerprint density at radius 1 is 1.27 bits per heavy atom. The third kappa shape index (κ3) is 3.85. The zero-order valence-corrected chi connectivity index (χ0v) is 17.5. The number of halogens is 1. The van der Waals surface area contributed by atoms with Crippen LogP contribution in [-0.4, -0.2) is 32.1 Å². The minimum absolute atomic E-state index is 0.00962. The molecule has 4 rings (SSSR count). The van der Waals surface area contributed by atoms with E-state index in [2.05, 4.69) is 16.3 Å². The van der Waals surface area contributed by atoms with Crippen LogP contribution in [0, 0.1) is 5.82 Å². The van der Waals surface area contributed by atoms with Crippen molar-refractivity contribution < 1.29 is 13.9 Å². The molecule has 0 spiro atoms. The van der Waals surface area contributed by atoms with E-state index in [9.17, 15) is 9.18 Å². The quantitative estimate of drug-likeness (QED) is 0.480. The Morgan fingerprint density at radius 2 is 2.00 bits per heavy atom. The summed E-state index contributed by atoms with van der Waals surface area (Å²) in [4.78, 5) is 15.0. The van der Waals surface area contributed by atoms with E-state index in [0.29, 0.717) is 11.0 Å². The molecule has 0 saturated heterocycles. The van der Waals surface area contributed by atoms with E-state index in [-0.39, 0.29) is 24.3 Å². The largest absolute Gasteiger partial charge is 0.482 e. The molecular formula is C21H22FN5O2S. The van der Waals surface area contributed by atoms with Crippen molar-refractivity contribution in [2.45, 2.75) is 43.3 Å². The minimum atomic E-state index is -0.464. The highest BCUT2D eigenvalue weighted by Crippen LogP contribution is 2.34. The van der Waals surface area contributed by atoms with E-state index in [1.54, 1.807) is 12.1 Å². The molecule has 2 N–H and O–H groups in total. The van der Waals surface area contributed by atoms with E-state index in [1.807, 2.05) is 36.9 Å². The normalized spacial score (nSPS) is 16.4. The first kappa shape index (κ1) is 20.2. The fraction of sp³-hybridized carbons (Fsp3) is 0.286. The Labute approximate surface area is 178 Å². The van der Waals surface area contributed by atoms with Gasteiger partial charge in [0, 0.05) is 11.7 Å². The van der Waals surface area contributed by atoms with Gasteiger partial charge < -0.3 is 15.5 Å². The van der Waals surface area contributed by atoms with Gasteiger partial charge in [-0.2, -0.15) is 0 Å². The van der Waals surface area contributed by atoms with Crippen LogP contribution in [0.2, 0.25) is 0 Å². The first-order valence-electron chi connectivity index (χ1n) is 9.60. The third-order valence-corrected chi connectivity index (χ3v) is 6.05. The maximum Gasteiger partial charge on any atom is 0.240 e. The predicted octanol–water partition coefficient (Wildman–Crippen LogP) is 3.17. The molecule has 1 aromatic heterocycles. The molecule has 1 aliphatic rings. The van der Waals surface area contributed by atoms with Crippen molar-refractivity contribution in [3.05, 3.63) is 65.7 Å². The molecule has 2 atom stereocenters. The number of hydrogen-bond donors (Lipinski definition) is 1. The lowest BCUT2D eigenvalue weighted by molar-refractivity contribution is -0.118. The molecule has 0 saturated carbocycles. The molecule has 9 heteroatoms. The number of anilines is 1. The van der Waals surface area contributed by atoms with E-state index < -0.39 is 11.1 Å². The summed E-state index contributed by atoms with van der Waals surface area (Å²) in [6.07, 6.45) is 0.837. The van der Waals surface area contributed by atoms with Gasteiger partial charge in [-0.05, 0) is 44.0 Å². The van der Waals surface area contributed by atoms with Crippen LogP contribution in [0.5, 0.6) is 5.75 Å². The molecule has 2 heterocycles. The molecule has 7 nitrogen and oxygen atoms in total. The number of para-hydroxylation sites is 2. The van der Waals surface area contributed by atoms with Gasteiger partial charge in [-0.3, -0.25) is 4.79 Å². The molecule has 156 valence electrons. The Kier molecular flexibility index (Phi) is 5.63. The van der Waals surface area contributed by atoms with Gasteiger partial charge in [0.1, 0.15) is 6.61 Å². The second-order valence-electron chi connectivity index (χ2n) is 7.14. The monoisotopic (exact) mass is 427 g/mol. The number of carbonyl (C=O) groups excluding carboxylic acids is 1. The number of carbonyl (C=O) groups is 1. The molecule has 0 radical (unpaired) electrons. The van der Waals surface area contributed by atoms with Crippen molar-refractivity contribution in [2.75, 3.05) is 10.7 Å². The Hall–Kier alpha value is -3.07. The standard InChI is InChI=1S/C21H22FN5O2S/c1-13-11-15-7-3-5-9-17(15)26(13)20(28)14(2)30-21-25-24-19(27(21)23)12-29-18-10-6-4-8-16(18)22/h3-10,13-14H,11-12,23H2,1-2H3. The van der Waals surface area contributed by atoms with Crippen LogP contribution in [-0.2, 0) is 17.8 Å². The zero-order valence-electron chi connectivity index (χ0n) is 16.7. The molecule has 3 aromatic rings. The average Bonchev–Trinajstić information content (AvgIpc) is 3.25. The van der Waals surface area contributed by atoms with Crippen molar-refractivity contribution in [1.82, 2.24) is 14.9 Å². The number of fused-ring (bicyclic) bond motifs is 1. The molecule has 0 bridgehead atoms. The molecule has 1 aliphatic heterocycles. The van der Waals surface area contributed by atoms with Gasteiger partial charge in [0.2, 0.25) is 11.1 Å². The maximum atomic E-state index is 13.7. The molecule has 0 aliphatic carbocycles. The second-order valence-corrected chi connectivity index (χ2v) is 8.45. The fourth-order valence-corrected chi connectivity index (χ4v) is 4.33. The molecule has 1 amide bonds. The highest BCUT2D eigenvalue weighted by molar-refractivity contribution is 8.00. The van der Waals surface area contributed by atoms with Crippen LogP contribution in [0.1, 0.15) is 25.2 Å². The van der Waals surface area contributed by atoms with E-state index >= 15 is 0 Å². The summed E-state index contributed by atoms with van der Waals surface area (Å²) < 4.78 is 20.4. The van der Waals surface area contributed by atoms with Crippen LogP contribution < -0.4 is 15.5 Å². The Bertz CT molecular complexity index is 1070. The first-order chi connectivity index (χ1) is 14.5. The number of rotatable bonds is 6. The number of ether oxygens (including phenoxy) is 1. The van der Waals surface area contributed by atoms with Crippen LogP contribution >= 0.6 is 11.8 Å². The SMILES string of the molecule is CC(Sc1nnc(COc2ccccc2F)n1N)C(=O)N1c2ccccc2CC1C. The summed E-state index contributed by atoms with van der Waals surface area (Å²) in [7, 11) is 0. The van der Waals surface area contributed by atoms with Gasteiger partial charge in [0.15, 0.2) is 17.4 Å². The molecule has 2 unspecified atom stereocenters. The van der Waals surface area contributed by atoms with Gasteiger partial charge in [0.25, 0.3) is 0 Å². The van der Waals surface area contributed by atoms with Crippen molar-refractivity contribution in [3.63, 3.8) is 0 Å². The molecule has 30 heavy (non-hydrogen) atoms.